The SMILES string of the molecule is c1ccc2cc(-c3nc(-c4ccc(-n5c6ccccc6c6cc7ccccc7cc65)cc4-c4ccc5c(c4)sc4ccccc45)nc(-c4cccc5c6ccccc6c6ccccc6c45)n3)ccc2c1. The van der Waals surface area contributed by atoms with Crippen molar-refractivity contribution in [2.75, 3.05) is 0 Å². The molecule has 4 nitrogen and oxygen atoms in total. The zero-order valence-corrected chi connectivity index (χ0v) is 38.5. The van der Waals surface area contributed by atoms with Crippen molar-refractivity contribution in [1.82, 2.24) is 19.5 Å². The van der Waals surface area contributed by atoms with Crippen LogP contribution in [-0.4, -0.2) is 19.5 Å². The van der Waals surface area contributed by atoms with Crippen molar-refractivity contribution in [3.05, 3.63) is 231 Å². The van der Waals surface area contributed by atoms with Crippen molar-refractivity contribution < 1.29 is 0 Å². The van der Waals surface area contributed by atoms with Gasteiger partial charge >= 0.3 is 0 Å². The standard InChI is InChI=1S/C65H38N4S/c1-2-15-40-34-44(29-28-39(40)14-1)63-66-64(68-65(67-63)55-25-13-24-53-48-19-6-5-18-46(48)47-20-7-8-23-52(47)62(53)55)54-33-31-45(38-56(54)43-30-32-51-50-22-10-12-27-60(50)70-61(51)37-43)69-58-26-11-9-21-49(58)57-35-41-16-3-4-17-42(41)36-59(57)69/h1-38H. The number of aromatic nitrogens is 4. The fraction of sp³-hybridized carbons (Fsp3) is 0. The smallest absolute Gasteiger partial charge is 0.164 e. The maximum absolute atomic E-state index is 5.58. The normalized spacial score (nSPS) is 12.0. The van der Waals surface area contributed by atoms with Crippen LogP contribution in [0.2, 0.25) is 0 Å². The van der Waals surface area contributed by atoms with E-state index < -0.39 is 0 Å². The summed E-state index contributed by atoms with van der Waals surface area (Å²) >= 11 is 1.84. The van der Waals surface area contributed by atoms with Crippen molar-refractivity contribution in [3.63, 3.8) is 0 Å². The Kier molecular flexibility index (Phi) is 8.49. The third kappa shape index (κ3) is 5.98. The van der Waals surface area contributed by atoms with Crippen LogP contribution in [-0.2, 0) is 0 Å². The molecule has 15 rings (SSSR count). The first-order chi connectivity index (χ1) is 34.7. The number of fused-ring (bicyclic) bond motifs is 14. The summed E-state index contributed by atoms with van der Waals surface area (Å²) in [5.41, 5.74) is 8.34. The highest BCUT2D eigenvalue weighted by Gasteiger charge is 2.22. The van der Waals surface area contributed by atoms with E-state index in [1.807, 2.05) is 11.3 Å². The Morgan fingerprint density at radius 3 is 1.64 bits per heavy atom. The van der Waals surface area contributed by atoms with Gasteiger partial charge in [0, 0.05) is 58.7 Å². The molecule has 0 aliphatic carbocycles. The van der Waals surface area contributed by atoms with Gasteiger partial charge in [-0.05, 0) is 114 Å². The Morgan fingerprint density at radius 2 is 0.857 bits per heavy atom. The fourth-order valence-electron chi connectivity index (χ4n) is 11.1. The minimum absolute atomic E-state index is 0.612. The molecule has 0 fully saturated rings. The molecule has 0 saturated carbocycles. The third-order valence-electron chi connectivity index (χ3n) is 14.4. The summed E-state index contributed by atoms with van der Waals surface area (Å²) in [4.78, 5) is 16.5. The molecular formula is C65H38N4S. The van der Waals surface area contributed by atoms with E-state index in [0.717, 1.165) is 55.3 Å². The van der Waals surface area contributed by atoms with Gasteiger partial charge in [0.1, 0.15) is 0 Å². The predicted octanol–water partition coefficient (Wildman–Crippen LogP) is 17.8. The van der Waals surface area contributed by atoms with Crippen LogP contribution in [0.3, 0.4) is 0 Å². The Labute approximate surface area is 406 Å². The van der Waals surface area contributed by atoms with Gasteiger partial charge in [-0.2, -0.15) is 0 Å². The molecule has 0 aliphatic heterocycles. The summed E-state index contributed by atoms with van der Waals surface area (Å²) in [7, 11) is 0. The van der Waals surface area contributed by atoms with Gasteiger partial charge in [0.2, 0.25) is 0 Å². The van der Waals surface area contributed by atoms with E-state index in [1.165, 1.54) is 74.0 Å². The minimum Gasteiger partial charge on any atom is -0.309 e. The van der Waals surface area contributed by atoms with Gasteiger partial charge < -0.3 is 4.57 Å². The second-order valence-electron chi connectivity index (χ2n) is 18.3. The Bertz CT molecular complexity index is 4630. The lowest BCUT2D eigenvalue weighted by Gasteiger charge is -2.17. The van der Waals surface area contributed by atoms with Crippen molar-refractivity contribution in [2.24, 2.45) is 0 Å². The average molecular weight is 907 g/mol. The lowest BCUT2D eigenvalue weighted by Crippen LogP contribution is -2.03. The second-order valence-corrected chi connectivity index (χ2v) is 19.4. The van der Waals surface area contributed by atoms with Crippen LogP contribution >= 0.6 is 11.3 Å². The maximum Gasteiger partial charge on any atom is 0.164 e. The molecule has 0 atom stereocenters. The molecule has 0 N–H and O–H groups in total. The topological polar surface area (TPSA) is 43.6 Å². The molecule has 324 valence electrons. The molecule has 0 radical (unpaired) electrons. The number of hydrogen-bond donors (Lipinski definition) is 0. The quantitative estimate of drug-likeness (QED) is 0.162. The van der Waals surface area contributed by atoms with Gasteiger partial charge in [0.15, 0.2) is 17.5 Å². The molecule has 0 spiro atoms. The minimum atomic E-state index is 0.612. The van der Waals surface area contributed by atoms with E-state index in [-0.39, 0.29) is 0 Å². The van der Waals surface area contributed by atoms with Crippen molar-refractivity contribution in [3.8, 4) is 51.0 Å². The van der Waals surface area contributed by atoms with Crippen LogP contribution in [0.4, 0.5) is 0 Å². The zero-order chi connectivity index (χ0) is 45.9. The molecule has 0 aliphatic rings. The zero-order valence-electron chi connectivity index (χ0n) is 37.6. The lowest BCUT2D eigenvalue weighted by atomic mass is 9.91. The van der Waals surface area contributed by atoms with E-state index in [4.69, 9.17) is 15.0 Å². The molecule has 5 heteroatoms. The highest BCUT2D eigenvalue weighted by atomic mass is 32.1. The molecule has 3 heterocycles. The Hall–Kier alpha value is -9.03. The summed E-state index contributed by atoms with van der Waals surface area (Å²) < 4.78 is 4.94. The number of rotatable bonds is 5. The van der Waals surface area contributed by atoms with Gasteiger partial charge in [-0.1, -0.05) is 176 Å². The molecule has 12 aromatic carbocycles. The first kappa shape index (κ1) is 39.0. The van der Waals surface area contributed by atoms with Crippen molar-refractivity contribution >= 4 is 107 Å². The molecular weight excluding hydrogens is 869 g/mol. The van der Waals surface area contributed by atoms with E-state index in [9.17, 15) is 0 Å². The van der Waals surface area contributed by atoms with Crippen LogP contribution in [0.1, 0.15) is 0 Å². The maximum atomic E-state index is 5.58. The number of hydrogen-bond acceptors (Lipinski definition) is 4. The van der Waals surface area contributed by atoms with Gasteiger partial charge in [-0.15, -0.1) is 11.3 Å². The lowest BCUT2D eigenvalue weighted by molar-refractivity contribution is 1.08. The Morgan fingerprint density at radius 1 is 0.286 bits per heavy atom. The van der Waals surface area contributed by atoms with E-state index in [1.54, 1.807) is 0 Å². The molecule has 15 aromatic rings. The van der Waals surface area contributed by atoms with E-state index >= 15 is 0 Å². The highest BCUT2D eigenvalue weighted by molar-refractivity contribution is 7.25. The van der Waals surface area contributed by atoms with E-state index in [0.29, 0.717) is 17.5 Å². The second kappa shape index (κ2) is 15.2. The van der Waals surface area contributed by atoms with Crippen molar-refractivity contribution in [1.29, 1.82) is 0 Å². The van der Waals surface area contributed by atoms with Gasteiger partial charge in [-0.3, -0.25) is 0 Å². The van der Waals surface area contributed by atoms with Crippen LogP contribution in [0.5, 0.6) is 0 Å². The van der Waals surface area contributed by atoms with Crippen LogP contribution in [0.25, 0.3) is 147 Å². The molecule has 0 bridgehead atoms. The average Bonchev–Trinajstić information content (AvgIpc) is 3.96. The number of thiophene rings is 1. The Balaban J connectivity index is 1.03. The van der Waals surface area contributed by atoms with Gasteiger partial charge in [0.25, 0.3) is 0 Å². The summed E-state index contributed by atoms with van der Waals surface area (Å²) in [6.45, 7) is 0. The summed E-state index contributed by atoms with van der Waals surface area (Å²) in [6, 6.07) is 83.5. The molecule has 70 heavy (non-hydrogen) atoms. The molecule has 3 aromatic heterocycles. The van der Waals surface area contributed by atoms with Crippen molar-refractivity contribution in [2.45, 2.75) is 0 Å². The largest absolute Gasteiger partial charge is 0.309 e. The van der Waals surface area contributed by atoms with E-state index in [2.05, 4.69) is 235 Å². The molecule has 0 unspecified atom stereocenters. The van der Waals surface area contributed by atoms with Crippen LogP contribution in [0, 0.1) is 0 Å². The summed E-state index contributed by atoms with van der Waals surface area (Å²) in [6.07, 6.45) is 0. The van der Waals surface area contributed by atoms with Gasteiger partial charge in [0.05, 0.1) is 11.0 Å². The monoisotopic (exact) mass is 906 g/mol. The number of benzene rings is 12. The van der Waals surface area contributed by atoms with Crippen LogP contribution < -0.4 is 0 Å². The highest BCUT2D eigenvalue weighted by Crippen LogP contribution is 2.44. The number of para-hydroxylation sites is 1. The fourth-order valence-corrected chi connectivity index (χ4v) is 12.3. The molecule has 0 saturated heterocycles. The summed E-state index contributed by atoms with van der Waals surface area (Å²) in [5.74, 6) is 1.86. The predicted molar refractivity (Wildman–Crippen MR) is 296 cm³/mol. The molecule has 0 amide bonds. The first-order valence-electron chi connectivity index (χ1n) is 23.7. The third-order valence-corrected chi connectivity index (χ3v) is 15.5. The number of nitrogens with zero attached hydrogens (tertiary/aromatic N) is 4. The van der Waals surface area contributed by atoms with Gasteiger partial charge in [-0.25, -0.2) is 15.0 Å². The first-order valence-corrected chi connectivity index (χ1v) is 24.6. The summed E-state index contributed by atoms with van der Waals surface area (Å²) in [5, 5.41) is 16.8. The van der Waals surface area contributed by atoms with Crippen LogP contribution in [0.15, 0.2) is 231 Å².